The number of hydrogen-bond acceptors (Lipinski definition) is 4. The first-order chi connectivity index (χ1) is 8.31. The van der Waals surface area contributed by atoms with Gasteiger partial charge in [-0.25, -0.2) is 4.98 Å². The lowest BCUT2D eigenvalue weighted by molar-refractivity contribution is 0.103. The molecule has 0 aliphatic rings. The minimum absolute atomic E-state index is 0.0915. The number of aromatic nitrogens is 2. The van der Waals surface area contributed by atoms with E-state index in [4.69, 9.17) is 0 Å². The van der Waals surface area contributed by atoms with Crippen molar-refractivity contribution < 1.29 is 4.79 Å². The molecule has 0 aliphatic carbocycles. The van der Waals surface area contributed by atoms with E-state index in [0.717, 1.165) is 5.75 Å². The van der Waals surface area contributed by atoms with E-state index in [-0.39, 0.29) is 5.78 Å². The van der Waals surface area contributed by atoms with Gasteiger partial charge < -0.3 is 0 Å². The van der Waals surface area contributed by atoms with E-state index in [2.05, 4.69) is 16.9 Å². The third-order valence-corrected chi connectivity index (χ3v) is 3.12. The fourth-order valence-electron chi connectivity index (χ4n) is 1.43. The summed E-state index contributed by atoms with van der Waals surface area (Å²) >= 11 is 1.75. The summed E-state index contributed by atoms with van der Waals surface area (Å²) in [6.45, 7) is 2.10. The van der Waals surface area contributed by atoms with Crippen LogP contribution in [-0.2, 0) is 0 Å². The van der Waals surface area contributed by atoms with Gasteiger partial charge in [-0.1, -0.05) is 6.92 Å². The van der Waals surface area contributed by atoms with Gasteiger partial charge in [-0.2, -0.15) is 0 Å². The summed E-state index contributed by atoms with van der Waals surface area (Å²) in [4.78, 5) is 21.1. The maximum Gasteiger partial charge on any atom is 0.212 e. The Morgan fingerprint density at radius 2 is 2.00 bits per heavy atom. The SMILES string of the molecule is CCSc1ccc(C(=O)c2cnccn2)cc1. The predicted molar refractivity (Wildman–Crippen MR) is 68.3 cm³/mol. The molecule has 17 heavy (non-hydrogen) atoms. The first-order valence-corrected chi connectivity index (χ1v) is 6.33. The highest BCUT2D eigenvalue weighted by atomic mass is 32.2. The Bertz CT molecular complexity index is 497. The molecule has 0 N–H and O–H groups in total. The molecule has 0 spiro atoms. The van der Waals surface area contributed by atoms with Gasteiger partial charge in [-0.15, -0.1) is 11.8 Å². The summed E-state index contributed by atoms with van der Waals surface area (Å²) in [6.07, 6.45) is 4.56. The molecule has 0 amide bonds. The minimum Gasteiger partial charge on any atom is -0.287 e. The molecule has 0 aliphatic heterocycles. The molecule has 0 bridgehead atoms. The van der Waals surface area contributed by atoms with E-state index in [1.54, 1.807) is 18.0 Å². The van der Waals surface area contributed by atoms with Gasteiger partial charge in [-0.3, -0.25) is 9.78 Å². The van der Waals surface area contributed by atoms with Crippen LogP contribution in [0.3, 0.4) is 0 Å². The highest BCUT2D eigenvalue weighted by Crippen LogP contribution is 2.18. The van der Waals surface area contributed by atoms with Crippen molar-refractivity contribution in [1.29, 1.82) is 0 Å². The van der Waals surface area contributed by atoms with Gasteiger partial charge in [0.05, 0.1) is 6.20 Å². The fraction of sp³-hybridized carbons (Fsp3) is 0.154. The molecule has 0 fully saturated rings. The Hall–Kier alpha value is -1.68. The monoisotopic (exact) mass is 244 g/mol. The maximum absolute atomic E-state index is 12.0. The number of carbonyl (C=O) groups is 1. The average Bonchev–Trinajstić information content (AvgIpc) is 2.40. The lowest BCUT2D eigenvalue weighted by atomic mass is 10.1. The molecule has 0 saturated heterocycles. The minimum atomic E-state index is -0.0915. The molecule has 2 rings (SSSR count). The van der Waals surface area contributed by atoms with Gasteiger partial charge in [0.2, 0.25) is 5.78 Å². The van der Waals surface area contributed by atoms with Crippen molar-refractivity contribution in [2.45, 2.75) is 11.8 Å². The first-order valence-electron chi connectivity index (χ1n) is 5.35. The molecule has 2 aromatic rings. The summed E-state index contributed by atoms with van der Waals surface area (Å²) in [7, 11) is 0. The smallest absolute Gasteiger partial charge is 0.212 e. The normalized spacial score (nSPS) is 10.2. The molecule has 1 aromatic heterocycles. The lowest BCUT2D eigenvalue weighted by Crippen LogP contribution is -2.03. The zero-order valence-corrected chi connectivity index (χ0v) is 10.3. The quantitative estimate of drug-likeness (QED) is 0.612. The van der Waals surface area contributed by atoms with E-state index in [1.165, 1.54) is 17.3 Å². The van der Waals surface area contributed by atoms with E-state index in [1.807, 2.05) is 24.3 Å². The van der Waals surface area contributed by atoms with Crippen LogP contribution in [0.2, 0.25) is 0 Å². The van der Waals surface area contributed by atoms with Crippen LogP contribution in [0.1, 0.15) is 23.0 Å². The van der Waals surface area contributed by atoms with Crippen LogP contribution in [0.4, 0.5) is 0 Å². The van der Waals surface area contributed by atoms with Gasteiger partial charge in [0.1, 0.15) is 5.69 Å². The Morgan fingerprint density at radius 3 is 2.59 bits per heavy atom. The average molecular weight is 244 g/mol. The van der Waals surface area contributed by atoms with Gasteiger partial charge in [0.25, 0.3) is 0 Å². The summed E-state index contributed by atoms with van der Waals surface area (Å²) in [5.74, 6) is 0.934. The van der Waals surface area contributed by atoms with Crippen LogP contribution >= 0.6 is 11.8 Å². The molecule has 3 nitrogen and oxygen atoms in total. The molecule has 0 radical (unpaired) electrons. The van der Waals surface area contributed by atoms with Gasteiger partial charge in [0.15, 0.2) is 0 Å². The van der Waals surface area contributed by atoms with Gasteiger partial charge in [0, 0.05) is 22.9 Å². The largest absolute Gasteiger partial charge is 0.287 e. The number of rotatable bonds is 4. The van der Waals surface area contributed by atoms with Crippen molar-refractivity contribution in [2.24, 2.45) is 0 Å². The number of hydrogen-bond donors (Lipinski definition) is 0. The number of ketones is 1. The molecule has 1 aromatic carbocycles. The van der Waals surface area contributed by atoms with Gasteiger partial charge >= 0.3 is 0 Å². The third kappa shape index (κ3) is 2.91. The zero-order valence-electron chi connectivity index (χ0n) is 9.46. The number of carbonyl (C=O) groups excluding carboxylic acids is 1. The summed E-state index contributed by atoms with van der Waals surface area (Å²) in [5, 5.41) is 0. The van der Waals surface area contributed by atoms with Crippen LogP contribution in [0.25, 0.3) is 0 Å². The Balaban J connectivity index is 2.20. The predicted octanol–water partition coefficient (Wildman–Crippen LogP) is 2.82. The van der Waals surface area contributed by atoms with E-state index in [0.29, 0.717) is 11.3 Å². The second kappa shape index (κ2) is 5.59. The van der Waals surface area contributed by atoms with Crippen molar-refractivity contribution in [3.63, 3.8) is 0 Å². The van der Waals surface area contributed by atoms with E-state index < -0.39 is 0 Å². The van der Waals surface area contributed by atoms with Crippen molar-refractivity contribution in [1.82, 2.24) is 9.97 Å². The second-order valence-electron chi connectivity index (χ2n) is 3.38. The summed E-state index contributed by atoms with van der Waals surface area (Å²) in [6, 6.07) is 7.57. The second-order valence-corrected chi connectivity index (χ2v) is 4.71. The molecule has 1 heterocycles. The molecular weight excluding hydrogens is 232 g/mol. The van der Waals surface area contributed by atoms with Crippen molar-refractivity contribution in [2.75, 3.05) is 5.75 Å². The van der Waals surface area contributed by atoms with Crippen molar-refractivity contribution >= 4 is 17.5 Å². The standard InChI is InChI=1S/C13H12N2OS/c1-2-17-11-5-3-10(4-6-11)13(16)12-9-14-7-8-15-12/h3-9H,2H2,1H3. The molecule has 0 saturated carbocycles. The van der Waals surface area contributed by atoms with Gasteiger partial charge in [-0.05, 0) is 30.0 Å². The van der Waals surface area contributed by atoms with Crippen LogP contribution < -0.4 is 0 Å². The first kappa shape index (κ1) is 11.8. The van der Waals surface area contributed by atoms with E-state index in [9.17, 15) is 4.79 Å². The summed E-state index contributed by atoms with van der Waals surface area (Å²) < 4.78 is 0. The van der Waals surface area contributed by atoms with Crippen molar-refractivity contribution in [3.05, 3.63) is 54.1 Å². The molecular formula is C13H12N2OS. The van der Waals surface area contributed by atoms with Crippen LogP contribution in [0, 0.1) is 0 Å². The van der Waals surface area contributed by atoms with E-state index >= 15 is 0 Å². The molecule has 0 atom stereocenters. The molecule has 0 unspecified atom stereocenters. The number of nitrogens with zero attached hydrogens (tertiary/aromatic N) is 2. The lowest BCUT2D eigenvalue weighted by Gasteiger charge is -2.01. The number of thioether (sulfide) groups is 1. The summed E-state index contributed by atoms with van der Waals surface area (Å²) in [5.41, 5.74) is 1.02. The Labute approximate surface area is 104 Å². The van der Waals surface area contributed by atoms with Crippen molar-refractivity contribution in [3.8, 4) is 0 Å². The maximum atomic E-state index is 12.0. The Morgan fingerprint density at radius 1 is 1.24 bits per heavy atom. The molecule has 86 valence electrons. The molecule has 4 heteroatoms. The third-order valence-electron chi connectivity index (χ3n) is 2.22. The van der Waals surface area contributed by atoms with Crippen LogP contribution in [-0.4, -0.2) is 21.5 Å². The highest BCUT2D eigenvalue weighted by Gasteiger charge is 2.09. The topological polar surface area (TPSA) is 42.9 Å². The fourth-order valence-corrected chi connectivity index (χ4v) is 2.10. The number of benzene rings is 1. The van der Waals surface area contributed by atoms with Crippen LogP contribution in [0.5, 0.6) is 0 Å². The Kier molecular flexibility index (Phi) is 3.88. The zero-order chi connectivity index (χ0) is 12.1. The van der Waals surface area contributed by atoms with Crippen LogP contribution in [0.15, 0.2) is 47.8 Å². The highest BCUT2D eigenvalue weighted by molar-refractivity contribution is 7.99.